The van der Waals surface area contributed by atoms with Crippen LogP contribution in [0.3, 0.4) is 0 Å². The molecule has 0 fully saturated rings. The maximum absolute atomic E-state index is 12.4. The normalized spacial score (nSPS) is 10.4. The Labute approximate surface area is 180 Å². The third-order valence-electron chi connectivity index (χ3n) is 3.74. The Kier molecular flexibility index (Phi) is 8.85. The van der Waals surface area contributed by atoms with E-state index in [-0.39, 0.29) is 6.61 Å². The largest absolute Gasteiger partial charge is 0.493 e. The summed E-state index contributed by atoms with van der Waals surface area (Å²) in [5.74, 6) is 3.80. The fourth-order valence-corrected chi connectivity index (χ4v) is 2.77. The average Bonchev–Trinajstić information content (AvgIpc) is 2.73. The van der Waals surface area contributed by atoms with Crippen LogP contribution in [0.5, 0.6) is 23.0 Å². The first-order valence-corrected chi connectivity index (χ1v) is 9.58. The smallest absolute Gasteiger partial charge is 0.271 e. The summed E-state index contributed by atoms with van der Waals surface area (Å²) in [7, 11) is 1.53. The molecule has 1 N–H and O–H groups in total. The number of nitrogens with one attached hydrogen (secondary N) is 1. The van der Waals surface area contributed by atoms with Gasteiger partial charge in [0.25, 0.3) is 5.91 Å². The minimum Gasteiger partial charge on any atom is -0.493 e. The van der Waals surface area contributed by atoms with Gasteiger partial charge in [0.15, 0.2) is 23.0 Å². The molecule has 0 atom stereocenters. The van der Waals surface area contributed by atoms with Crippen molar-refractivity contribution >= 4 is 23.7 Å². The van der Waals surface area contributed by atoms with Gasteiger partial charge in [0.2, 0.25) is 0 Å². The Morgan fingerprint density at radius 2 is 1.87 bits per heavy atom. The van der Waals surface area contributed by atoms with Gasteiger partial charge in [-0.15, -0.1) is 6.42 Å². The average molecular weight is 431 g/mol. The van der Waals surface area contributed by atoms with E-state index in [1.54, 1.807) is 30.3 Å². The highest BCUT2D eigenvalue weighted by Gasteiger charge is 2.13. The molecule has 0 aliphatic carbocycles. The summed E-state index contributed by atoms with van der Waals surface area (Å²) in [6.07, 6.45) is 6.68. The minimum absolute atomic E-state index is 0.0644. The van der Waals surface area contributed by atoms with E-state index in [0.29, 0.717) is 52.4 Å². The fraction of sp³-hybridized carbons (Fsp3) is 0.273. The number of hydrazone groups is 1. The first-order chi connectivity index (χ1) is 14.5. The van der Waals surface area contributed by atoms with E-state index in [0.717, 1.165) is 0 Å². The molecule has 0 unspecified atom stereocenters. The van der Waals surface area contributed by atoms with Gasteiger partial charge in [-0.1, -0.05) is 17.5 Å². The maximum Gasteiger partial charge on any atom is 0.271 e. The number of amides is 1. The molecule has 1 amide bonds. The molecule has 7 nitrogen and oxygen atoms in total. The van der Waals surface area contributed by atoms with Gasteiger partial charge in [-0.3, -0.25) is 4.79 Å². The second kappa shape index (κ2) is 11.6. The molecule has 0 bridgehead atoms. The zero-order chi connectivity index (χ0) is 21.9. The monoisotopic (exact) mass is 430 g/mol. The van der Waals surface area contributed by atoms with Crippen LogP contribution in [-0.2, 0) is 0 Å². The minimum atomic E-state index is -0.403. The molecule has 2 rings (SSSR count). The Morgan fingerprint density at radius 1 is 1.13 bits per heavy atom. The fourth-order valence-electron chi connectivity index (χ4n) is 2.50. The topological polar surface area (TPSA) is 78.4 Å². The molecule has 30 heavy (non-hydrogen) atoms. The molecule has 0 heterocycles. The highest BCUT2D eigenvalue weighted by molar-refractivity contribution is 6.32. The number of hydrogen-bond acceptors (Lipinski definition) is 6. The number of terminal acetylenes is 1. The Balaban J connectivity index is 2.15. The van der Waals surface area contributed by atoms with Crippen molar-refractivity contribution in [1.29, 1.82) is 0 Å². The second-order valence-electron chi connectivity index (χ2n) is 5.75. The number of methoxy groups -OCH3 is 1. The van der Waals surface area contributed by atoms with Crippen LogP contribution in [0.4, 0.5) is 0 Å². The molecule has 0 saturated carbocycles. The molecule has 0 spiro atoms. The van der Waals surface area contributed by atoms with Crippen molar-refractivity contribution in [3.63, 3.8) is 0 Å². The van der Waals surface area contributed by atoms with Gasteiger partial charge >= 0.3 is 0 Å². The van der Waals surface area contributed by atoms with Gasteiger partial charge < -0.3 is 18.9 Å². The summed E-state index contributed by atoms with van der Waals surface area (Å²) >= 11 is 6.27. The molecule has 0 aliphatic heterocycles. The van der Waals surface area contributed by atoms with Crippen LogP contribution in [0.15, 0.2) is 35.4 Å². The number of benzene rings is 2. The third-order valence-corrected chi connectivity index (χ3v) is 4.02. The highest BCUT2D eigenvalue weighted by Crippen LogP contribution is 2.36. The molecule has 0 radical (unpaired) electrons. The molecule has 0 aliphatic rings. The first kappa shape index (κ1) is 22.9. The predicted octanol–water partition coefficient (Wildman–Crippen LogP) is 3.92. The summed E-state index contributed by atoms with van der Waals surface area (Å²) in [5.41, 5.74) is 3.46. The van der Waals surface area contributed by atoms with Crippen molar-refractivity contribution in [2.45, 2.75) is 13.8 Å². The van der Waals surface area contributed by atoms with Crippen LogP contribution >= 0.6 is 11.6 Å². The zero-order valence-corrected chi connectivity index (χ0v) is 17.8. The molecular weight excluding hydrogens is 408 g/mol. The SMILES string of the molecule is C#CCOc1c(Cl)cc(/C=N/NC(=O)c2ccc(OC)c(OCC)c2)cc1OCC. The molecule has 2 aromatic carbocycles. The van der Waals surface area contributed by atoms with Crippen LogP contribution < -0.4 is 24.4 Å². The standard InChI is InChI=1S/C22H23ClN2O5/c1-5-10-30-21-17(23)11-15(12-20(21)29-7-3)14-24-25-22(26)16-8-9-18(27-4)19(13-16)28-6-2/h1,8-9,11-14H,6-7,10H2,2-4H3,(H,25,26)/b24-14+. The lowest BCUT2D eigenvalue weighted by Crippen LogP contribution is -2.17. The van der Waals surface area contributed by atoms with Gasteiger partial charge in [0.05, 0.1) is 31.6 Å². The molecule has 0 aromatic heterocycles. The summed E-state index contributed by atoms with van der Waals surface area (Å²) in [6.45, 7) is 4.62. The zero-order valence-electron chi connectivity index (χ0n) is 17.0. The van der Waals surface area contributed by atoms with E-state index in [1.807, 2.05) is 13.8 Å². The molecular formula is C22H23ClN2O5. The van der Waals surface area contributed by atoms with E-state index in [4.69, 9.17) is 37.0 Å². The molecule has 158 valence electrons. The lowest BCUT2D eigenvalue weighted by atomic mass is 10.2. The van der Waals surface area contributed by atoms with Gasteiger partial charge in [0.1, 0.15) is 6.61 Å². The number of carbonyl (C=O) groups excluding carboxylic acids is 1. The highest BCUT2D eigenvalue weighted by atomic mass is 35.5. The van der Waals surface area contributed by atoms with E-state index >= 15 is 0 Å². The Bertz CT molecular complexity index is 953. The lowest BCUT2D eigenvalue weighted by molar-refractivity contribution is 0.0954. The van der Waals surface area contributed by atoms with Crippen molar-refractivity contribution < 1.29 is 23.7 Å². The summed E-state index contributed by atoms with van der Waals surface area (Å²) in [5, 5.41) is 4.31. The number of nitrogens with zero attached hydrogens (tertiary/aromatic N) is 1. The molecule has 8 heteroatoms. The van der Waals surface area contributed by atoms with Crippen LogP contribution in [0.2, 0.25) is 5.02 Å². The second-order valence-corrected chi connectivity index (χ2v) is 6.16. The van der Waals surface area contributed by atoms with Crippen molar-refractivity contribution in [3.05, 3.63) is 46.5 Å². The maximum atomic E-state index is 12.4. The first-order valence-electron chi connectivity index (χ1n) is 9.20. The van der Waals surface area contributed by atoms with E-state index < -0.39 is 5.91 Å². The third kappa shape index (κ3) is 6.06. The van der Waals surface area contributed by atoms with Crippen LogP contribution in [0.1, 0.15) is 29.8 Å². The number of carbonyl (C=O) groups is 1. The Hall–Kier alpha value is -3.37. The number of ether oxygens (including phenoxy) is 4. The summed E-state index contributed by atoms with van der Waals surface area (Å²) in [6, 6.07) is 8.19. The number of hydrogen-bond donors (Lipinski definition) is 1. The van der Waals surface area contributed by atoms with Crippen LogP contribution in [-0.4, -0.2) is 39.1 Å². The van der Waals surface area contributed by atoms with Crippen molar-refractivity contribution in [2.24, 2.45) is 5.10 Å². The molecule has 2 aromatic rings. The van der Waals surface area contributed by atoms with E-state index in [9.17, 15) is 4.79 Å². The van der Waals surface area contributed by atoms with Gasteiger partial charge in [-0.05, 0) is 49.7 Å². The number of rotatable bonds is 10. The number of halogens is 1. The van der Waals surface area contributed by atoms with Gasteiger partial charge in [-0.25, -0.2) is 5.43 Å². The Morgan fingerprint density at radius 3 is 2.53 bits per heavy atom. The molecule has 0 saturated heterocycles. The lowest BCUT2D eigenvalue weighted by Gasteiger charge is -2.13. The summed E-state index contributed by atoms with van der Waals surface area (Å²) < 4.78 is 21.7. The van der Waals surface area contributed by atoms with Crippen molar-refractivity contribution in [3.8, 4) is 35.3 Å². The van der Waals surface area contributed by atoms with Crippen molar-refractivity contribution in [1.82, 2.24) is 5.43 Å². The van der Waals surface area contributed by atoms with Crippen molar-refractivity contribution in [2.75, 3.05) is 26.9 Å². The van der Waals surface area contributed by atoms with Crippen LogP contribution in [0, 0.1) is 12.3 Å². The van der Waals surface area contributed by atoms with E-state index in [2.05, 4.69) is 16.4 Å². The summed E-state index contributed by atoms with van der Waals surface area (Å²) in [4.78, 5) is 12.4. The van der Waals surface area contributed by atoms with Gasteiger partial charge in [0, 0.05) is 5.56 Å². The quantitative estimate of drug-likeness (QED) is 0.351. The van der Waals surface area contributed by atoms with Gasteiger partial charge in [-0.2, -0.15) is 5.10 Å². The van der Waals surface area contributed by atoms with Crippen LogP contribution in [0.25, 0.3) is 0 Å². The van der Waals surface area contributed by atoms with E-state index in [1.165, 1.54) is 13.3 Å². The predicted molar refractivity (Wildman–Crippen MR) is 116 cm³/mol.